The highest BCUT2D eigenvalue weighted by molar-refractivity contribution is 9.11. The summed E-state index contributed by atoms with van der Waals surface area (Å²) in [5.74, 6) is 0.940. The van der Waals surface area contributed by atoms with Gasteiger partial charge in [-0.15, -0.1) is 0 Å². The Hall–Kier alpha value is -0.350. The summed E-state index contributed by atoms with van der Waals surface area (Å²) in [6.45, 7) is 0.777. The minimum Gasteiger partial charge on any atom is -0.352 e. The molecule has 1 aliphatic carbocycles. The van der Waals surface area contributed by atoms with Gasteiger partial charge in [0.05, 0.1) is 0 Å². The van der Waals surface area contributed by atoms with Gasteiger partial charge in [-0.2, -0.15) is 0 Å². The zero-order valence-electron chi connectivity index (χ0n) is 9.51. The Kier molecular flexibility index (Phi) is 4.62. The van der Waals surface area contributed by atoms with E-state index < -0.39 is 0 Å². The number of nitrogens with one attached hydrogen (secondary N) is 1. The van der Waals surface area contributed by atoms with E-state index in [1.165, 1.54) is 19.3 Å². The van der Waals surface area contributed by atoms with Crippen LogP contribution in [-0.4, -0.2) is 12.5 Å². The van der Waals surface area contributed by atoms with Crippen LogP contribution in [0.4, 0.5) is 0 Å². The van der Waals surface area contributed by atoms with Crippen molar-refractivity contribution in [2.24, 2.45) is 5.92 Å². The first-order valence-electron chi connectivity index (χ1n) is 5.89. The molecule has 0 unspecified atom stereocenters. The fraction of sp³-hybridized carbons (Fsp3) is 0.462. The van der Waals surface area contributed by atoms with Gasteiger partial charge in [0, 0.05) is 21.1 Å². The molecule has 1 aromatic rings. The molecule has 1 aromatic carbocycles. The van der Waals surface area contributed by atoms with Crippen molar-refractivity contribution >= 4 is 37.8 Å². The monoisotopic (exact) mass is 359 g/mol. The number of hydrogen-bond donors (Lipinski definition) is 1. The number of halogens is 2. The lowest BCUT2D eigenvalue weighted by atomic mass is 10.2. The number of carbonyl (C=O) groups is 1. The van der Waals surface area contributed by atoms with E-state index in [9.17, 15) is 4.79 Å². The van der Waals surface area contributed by atoms with Gasteiger partial charge in [0.15, 0.2) is 0 Å². The Morgan fingerprint density at radius 2 is 1.88 bits per heavy atom. The molecule has 4 heteroatoms. The normalized spacial score (nSPS) is 14.7. The summed E-state index contributed by atoms with van der Waals surface area (Å²) >= 11 is 6.76. The van der Waals surface area contributed by atoms with Crippen LogP contribution in [0.25, 0.3) is 0 Å². The molecule has 0 heterocycles. The summed E-state index contributed by atoms with van der Waals surface area (Å²) in [6.07, 6.45) is 5.10. The molecule has 1 aliphatic rings. The molecule has 2 nitrogen and oxygen atoms in total. The van der Waals surface area contributed by atoms with E-state index in [2.05, 4.69) is 37.2 Å². The van der Waals surface area contributed by atoms with Crippen molar-refractivity contribution in [2.75, 3.05) is 6.54 Å². The molecule has 0 aliphatic heterocycles. The minimum atomic E-state index is 0.00259. The van der Waals surface area contributed by atoms with Crippen LogP contribution >= 0.6 is 31.9 Å². The van der Waals surface area contributed by atoms with E-state index in [1.807, 2.05) is 18.2 Å². The van der Waals surface area contributed by atoms with Crippen LogP contribution in [0.15, 0.2) is 27.1 Å². The number of benzene rings is 1. The molecule has 1 saturated carbocycles. The van der Waals surface area contributed by atoms with Gasteiger partial charge in [-0.3, -0.25) is 4.79 Å². The third-order valence-electron chi connectivity index (χ3n) is 2.90. The van der Waals surface area contributed by atoms with Crippen LogP contribution in [0.2, 0.25) is 0 Å². The Morgan fingerprint density at radius 3 is 2.47 bits per heavy atom. The van der Waals surface area contributed by atoms with Crippen LogP contribution in [0.5, 0.6) is 0 Å². The molecule has 0 radical (unpaired) electrons. The topological polar surface area (TPSA) is 29.1 Å². The lowest BCUT2D eigenvalue weighted by molar-refractivity contribution is 0.0952. The van der Waals surface area contributed by atoms with Crippen LogP contribution < -0.4 is 5.32 Å². The molecular weight excluding hydrogens is 346 g/mol. The van der Waals surface area contributed by atoms with E-state index in [-0.39, 0.29) is 5.91 Å². The quantitative estimate of drug-likeness (QED) is 0.786. The van der Waals surface area contributed by atoms with Gasteiger partial charge >= 0.3 is 0 Å². The Labute approximate surface area is 118 Å². The second-order valence-corrected chi connectivity index (χ2v) is 6.33. The number of hydrogen-bond acceptors (Lipinski definition) is 1. The summed E-state index contributed by atoms with van der Waals surface area (Å²) in [6, 6.07) is 5.59. The van der Waals surface area contributed by atoms with Crippen molar-refractivity contribution in [1.82, 2.24) is 5.32 Å². The lowest BCUT2D eigenvalue weighted by Crippen LogP contribution is -2.24. The maximum absolute atomic E-state index is 11.9. The first-order chi connectivity index (χ1) is 8.15. The van der Waals surface area contributed by atoms with Crippen molar-refractivity contribution < 1.29 is 4.79 Å². The molecule has 92 valence electrons. The van der Waals surface area contributed by atoms with Crippen LogP contribution in [0, 0.1) is 5.92 Å². The highest BCUT2D eigenvalue weighted by Crippen LogP contribution is 2.33. The third-order valence-corrected chi connectivity index (χ3v) is 3.81. The van der Waals surface area contributed by atoms with Gasteiger partial charge in [0.25, 0.3) is 5.91 Å². The second-order valence-electron chi connectivity index (χ2n) is 4.50. The van der Waals surface area contributed by atoms with Crippen LogP contribution in [0.3, 0.4) is 0 Å². The summed E-state index contributed by atoms with van der Waals surface area (Å²) in [7, 11) is 0. The number of amides is 1. The standard InChI is InChI=1S/C13H15Br2NO/c14-11-6-10(7-12(15)8-11)13(17)16-5-1-2-9-3-4-9/h6-9H,1-5H2,(H,16,17). The molecular formula is C13H15Br2NO. The predicted octanol–water partition coefficient (Wildman–Crippen LogP) is 4.13. The molecule has 1 N–H and O–H groups in total. The van der Waals surface area contributed by atoms with Gasteiger partial charge in [-0.05, 0) is 37.0 Å². The molecule has 2 rings (SSSR count). The fourth-order valence-electron chi connectivity index (χ4n) is 1.79. The summed E-state index contributed by atoms with van der Waals surface area (Å²) < 4.78 is 1.82. The molecule has 0 saturated heterocycles. The van der Waals surface area contributed by atoms with E-state index in [1.54, 1.807) is 0 Å². The third kappa shape index (κ3) is 4.43. The first-order valence-corrected chi connectivity index (χ1v) is 7.48. The zero-order chi connectivity index (χ0) is 12.3. The van der Waals surface area contributed by atoms with E-state index in [4.69, 9.17) is 0 Å². The Morgan fingerprint density at radius 1 is 1.24 bits per heavy atom. The highest BCUT2D eigenvalue weighted by Gasteiger charge is 2.20. The van der Waals surface area contributed by atoms with Crippen molar-refractivity contribution in [3.63, 3.8) is 0 Å². The maximum atomic E-state index is 11.9. The van der Waals surface area contributed by atoms with Gasteiger partial charge in [-0.1, -0.05) is 44.7 Å². The molecule has 0 spiro atoms. The van der Waals surface area contributed by atoms with Crippen molar-refractivity contribution in [1.29, 1.82) is 0 Å². The summed E-state index contributed by atoms with van der Waals surface area (Å²) in [4.78, 5) is 11.9. The van der Waals surface area contributed by atoms with Crippen LogP contribution in [-0.2, 0) is 0 Å². The predicted molar refractivity (Wildman–Crippen MR) is 76.1 cm³/mol. The van der Waals surface area contributed by atoms with Crippen molar-refractivity contribution in [2.45, 2.75) is 25.7 Å². The van der Waals surface area contributed by atoms with Gasteiger partial charge in [0.2, 0.25) is 0 Å². The minimum absolute atomic E-state index is 0.00259. The molecule has 0 aromatic heterocycles. The average molecular weight is 361 g/mol. The average Bonchev–Trinajstić information content (AvgIpc) is 3.06. The summed E-state index contributed by atoms with van der Waals surface area (Å²) in [5.41, 5.74) is 0.692. The van der Waals surface area contributed by atoms with E-state index >= 15 is 0 Å². The number of carbonyl (C=O) groups excluding carboxylic acids is 1. The zero-order valence-corrected chi connectivity index (χ0v) is 12.7. The molecule has 1 amide bonds. The van der Waals surface area contributed by atoms with Gasteiger partial charge in [0.1, 0.15) is 0 Å². The highest BCUT2D eigenvalue weighted by atomic mass is 79.9. The molecule has 1 fully saturated rings. The van der Waals surface area contributed by atoms with Gasteiger partial charge < -0.3 is 5.32 Å². The molecule has 0 bridgehead atoms. The van der Waals surface area contributed by atoms with Crippen LogP contribution in [0.1, 0.15) is 36.0 Å². The summed E-state index contributed by atoms with van der Waals surface area (Å²) in [5, 5.41) is 2.96. The van der Waals surface area contributed by atoms with Gasteiger partial charge in [-0.25, -0.2) is 0 Å². The largest absolute Gasteiger partial charge is 0.352 e. The van der Waals surface area contributed by atoms with Crippen molar-refractivity contribution in [3.05, 3.63) is 32.7 Å². The fourth-order valence-corrected chi connectivity index (χ4v) is 3.08. The number of rotatable bonds is 5. The maximum Gasteiger partial charge on any atom is 0.251 e. The SMILES string of the molecule is O=C(NCCCC1CC1)c1cc(Br)cc(Br)c1. The smallest absolute Gasteiger partial charge is 0.251 e. The lowest BCUT2D eigenvalue weighted by Gasteiger charge is -2.06. The molecule has 0 atom stereocenters. The molecule has 17 heavy (non-hydrogen) atoms. The first kappa shape index (κ1) is 13.1. The second kappa shape index (κ2) is 6.01. The Bertz CT molecular complexity index is 396. The van der Waals surface area contributed by atoms with Crippen molar-refractivity contribution in [3.8, 4) is 0 Å². The van der Waals surface area contributed by atoms with E-state index in [0.29, 0.717) is 5.56 Å². The Balaban J connectivity index is 1.80. The van der Waals surface area contributed by atoms with E-state index in [0.717, 1.165) is 27.8 Å².